The maximum atomic E-state index is 12.0. The Kier molecular flexibility index (Phi) is 6.80. The fraction of sp³-hybridized carbons (Fsp3) is 0.312. The molecular formula is C16H17BrN6O2S2. The van der Waals surface area contributed by atoms with Crippen LogP contribution < -0.4 is 10.1 Å². The average molecular weight is 469 g/mol. The largest absolute Gasteiger partial charge is 0.483 e. The third-order valence-corrected chi connectivity index (χ3v) is 5.59. The smallest absolute Gasteiger partial charge is 0.236 e. The van der Waals surface area contributed by atoms with Crippen LogP contribution in [0.2, 0.25) is 0 Å². The van der Waals surface area contributed by atoms with Crippen molar-refractivity contribution in [2.45, 2.75) is 31.7 Å². The Bertz CT molecular complexity index is 885. The predicted octanol–water partition coefficient (Wildman–Crippen LogP) is 3.78. The van der Waals surface area contributed by atoms with Crippen molar-refractivity contribution in [1.82, 2.24) is 25.0 Å². The van der Waals surface area contributed by atoms with Gasteiger partial charge in [0.05, 0.1) is 5.75 Å². The number of hydrogen-bond acceptors (Lipinski definition) is 8. The molecule has 2 heterocycles. The van der Waals surface area contributed by atoms with Gasteiger partial charge in [0.15, 0.2) is 17.1 Å². The number of carbonyl (C=O) groups is 1. The van der Waals surface area contributed by atoms with E-state index in [1.165, 1.54) is 23.1 Å². The summed E-state index contributed by atoms with van der Waals surface area (Å²) in [6.45, 7) is 4.61. The zero-order valence-corrected chi connectivity index (χ0v) is 17.8. The maximum Gasteiger partial charge on any atom is 0.236 e. The van der Waals surface area contributed by atoms with Crippen molar-refractivity contribution in [2.75, 3.05) is 11.1 Å². The number of nitrogens with zero attached hydrogens (tertiary/aromatic N) is 5. The molecule has 0 saturated heterocycles. The minimum Gasteiger partial charge on any atom is -0.483 e. The fourth-order valence-corrected chi connectivity index (χ4v) is 3.82. The van der Waals surface area contributed by atoms with Gasteiger partial charge in [-0.3, -0.25) is 10.1 Å². The lowest BCUT2D eigenvalue weighted by Crippen LogP contribution is -2.15. The van der Waals surface area contributed by atoms with Crippen LogP contribution in [0.5, 0.6) is 5.75 Å². The number of nitrogens with one attached hydrogen (secondary N) is 1. The Morgan fingerprint density at radius 2 is 2.11 bits per heavy atom. The summed E-state index contributed by atoms with van der Waals surface area (Å²) >= 11 is 6.00. The number of hydrogen-bond donors (Lipinski definition) is 1. The zero-order valence-electron chi connectivity index (χ0n) is 14.6. The van der Waals surface area contributed by atoms with Crippen LogP contribution in [0.25, 0.3) is 0 Å². The van der Waals surface area contributed by atoms with E-state index in [0.29, 0.717) is 22.7 Å². The van der Waals surface area contributed by atoms with Crippen LogP contribution in [0.3, 0.4) is 0 Å². The Morgan fingerprint density at radius 3 is 2.78 bits per heavy atom. The molecule has 2 aromatic heterocycles. The number of anilines is 1. The average Bonchev–Trinajstić information content (AvgIpc) is 3.31. The van der Waals surface area contributed by atoms with Crippen LogP contribution in [0.15, 0.2) is 39.4 Å². The van der Waals surface area contributed by atoms with Gasteiger partial charge >= 0.3 is 0 Å². The molecule has 0 aliphatic rings. The molecule has 1 unspecified atom stereocenters. The first-order chi connectivity index (χ1) is 13.1. The Labute approximate surface area is 172 Å². The lowest BCUT2D eigenvalue weighted by Gasteiger charge is -2.15. The molecule has 0 aliphatic heterocycles. The van der Waals surface area contributed by atoms with Crippen LogP contribution in [0.1, 0.15) is 25.8 Å². The summed E-state index contributed by atoms with van der Waals surface area (Å²) in [5.41, 5.74) is 1.57. The number of aromatic nitrogens is 5. The normalized spacial score (nSPS) is 12.0. The van der Waals surface area contributed by atoms with Crippen LogP contribution >= 0.6 is 39.0 Å². The standard InChI is InChI=1S/C16H17BrN6O2S2/c1-3-23-14(10(2)25-12-6-4-11(17)5-7-12)20-22-16(23)26-8-13(24)19-15-21-18-9-27-15/h4-7,9-10H,3,8H2,1-2H3,(H,19,21,24). The van der Waals surface area contributed by atoms with E-state index in [1.807, 2.05) is 42.7 Å². The van der Waals surface area contributed by atoms with Crippen molar-refractivity contribution in [1.29, 1.82) is 0 Å². The van der Waals surface area contributed by atoms with E-state index >= 15 is 0 Å². The summed E-state index contributed by atoms with van der Waals surface area (Å²) in [6.07, 6.45) is -0.275. The number of thioether (sulfide) groups is 1. The molecule has 1 aromatic carbocycles. The van der Waals surface area contributed by atoms with Gasteiger partial charge in [-0.25, -0.2) is 0 Å². The highest BCUT2D eigenvalue weighted by molar-refractivity contribution is 9.10. The minimum atomic E-state index is -0.275. The van der Waals surface area contributed by atoms with Crippen molar-refractivity contribution in [3.05, 3.63) is 40.1 Å². The molecule has 3 aromatic rings. The highest BCUT2D eigenvalue weighted by atomic mass is 79.9. The molecule has 142 valence electrons. The summed E-state index contributed by atoms with van der Waals surface area (Å²) in [5, 5.41) is 19.8. The van der Waals surface area contributed by atoms with Crippen LogP contribution in [-0.4, -0.2) is 36.6 Å². The monoisotopic (exact) mass is 468 g/mol. The molecule has 1 atom stereocenters. The van der Waals surface area contributed by atoms with Crippen LogP contribution in [0.4, 0.5) is 5.13 Å². The number of benzene rings is 1. The lowest BCUT2D eigenvalue weighted by atomic mass is 10.3. The van der Waals surface area contributed by atoms with E-state index in [1.54, 1.807) is 5.51 Å². The third-order valence-electron chi connectivity index (χ3n) is 3.49. The first-order valence-electron chi connectivity index (χ1n) is 8.11. The topological polar surface area (TPSA) is 94.8 Å². The van der Waals surface area contributed by atoms with Gasteiger partial charge < -0.3 is 9.30 Å². The predicted molar refractivity (Wildman–Crippen MR) is 108 cm³/mol. The van der Waals surface area contributed by atoms with Crippen molar-refractivity contribution in [3.8, 4) is 5.75 Å². The molecule has 11 heteroatoms. The van der Waals surface area contributed by atoms with Gasteiger partial charge in [0.2, 0.25) is 11.0 Å². The summed E-state index contributed by atoms with van der Waals surface area (Å²) in [5.74, 6) is 1.51. The van der Waals surface area contributed by atoms with Gasteiger partial charge in [0, 0.05) is 11.0 Å². The highest BCUT2D eigenvalue weighted by Crippen LogP contribution is 2.25. The lowest BCUT2D eigenvalue weighted by molar-refractivity contribution is -0.113. The first kappa shape index (κ1) is 19.8. The Balaban J connectivity index is 1.63. The van der Waals surface area contributed by atoms with Gasteiger partial charge in [-0.05, 0) is 38.1 Å². The van der Waals surface area contributed by atoms with Gasteiger partial charge in [-0.15, -0.1) is 20.4 Å². The van der Waals surface area contributed by atoms with Crippen molar-refractivity contribution < 1.29 is 9.53 Å². The molecule has 0 bridgehead atoms. The second kappa shape index (κ2) is 9.29. The number of ether oxygens (including phenoxy) is 1. The van der Waals surface area contributed by atoms with E-state index in [-0.39, 0.29) is 17.8 Å². The summed E-state index contributed by atoms with van der Waals surface area (Å²) in [7, 11) is 0. The molecule has 0 fully saturated rings. The number of amides is 1. The molecule has 0 radical (unpaired) electrons. The Morgan fingerprint density at radius 1 is 1.33 bits per heavy atom. The summed E-state index contributed by atoms with van der Waals surface area (Å²) in [4.78, 5) is 12.0. The van der Waals surface area contributed by atoms with Gasteiger partial charge in [-0.2, -0.15) is 0 Å². The van der Waals surface area contributed by atoms with E-state index in [9.17, 15) is 4.79 Å². The molecule has 0 aliphatic carbocycles. The van der Waals surface area contributed by atoms with Gasteiger partial charge in [0.1, 0.15) is 11.3 Å². The molecule has 0 spiro atoms. The quantitative estimate of drug-likeness (QED) is 0.502. The van der Waals surface area contributed by atoms with Crippen LogP contribution in [-0.2, 0) is 11.3 Å². The second-order valence-corrected chi connectivity index (χ2v) is 8.07. The van der Waals surface area contributed by atoms with E-state index in [2.05, 4.69) is 41.6 Å². The molecular weight excluding hydrogens is 452 g/mol. The summed E-state index contributed by atoms with van der Waals surface area (Å²) < 4.78 is 8.90. The molecule has 3 rings (SSSR count). The third kappa shape index (κ3) is 5.27. The number of halogens is 1. The fourth-order valence-electron chi connectivity index (χ4n) is 2.29. The molecule has 0 saturated carbocycles. The minimum absolute atomic E-state index is 0.164. The molecule has 8 nitrogen and oxygen atoms in total. The van der Waals surface area contributed by atoms with E-state index < -0.39 is 0 Å². The van der Waals surface area contributed by atoms with Crippen molar-refractivity contribution in [2.24, 2.45) is 0 Å². The van der Waals surface area contributed by atoms with Crippen molar-refractivity contribution >= 4 is 50.1 Å². The molecule has 1 amide bonds. The van der Waals surface area contributed by atoms with E-state index in [0.717, 1.165) is 10.2 Å². The first-order valence-corrected chi connectivity index (χ1v) is 10.8. The van der Waals surface area contributed by atoms with Crippen LogP contribution in [0, 0.1) is 0 Å². The molecule has 27 heavy (non-hydrogen) atoms. The number of carbonyl (C=O) groups excluding carboxylic acids is 1. The maximum absolute atomic E-state index is 12.0. The van der Waals surface area contributed by atoms with Gasteiger partial charge in [0.25, 0.3) is 0 Å². The second-order valence-electron chi connectivity index (χ2n) is 5.38. The zero-order chi connectivity index (χ0) is 19.2. The molecule has 1 N–H and O–H groups in total. The van der Waals surface area contributed by atoms with Gasteiger partial charge in [-0.1, -0.05) is 39.0 Å². The SMILES string of the molecule is CCn1c(SCC(=O)Nc2nncs2)nnc1C(C)Oc1ccc(Br)cc1. The summed E-state index contributed by atoms with van der Waals surface area (Å²) in [6, 6.07) is 7.62. The number of rotatable bonds is 8. The highest BCUT2D eigenvalue weighted by Gasteiger charge is 2.19. The Hall–Kier alpha value is -1.98. The van der Waals surface area contributed by atoms with Crippen molar-refractivity contribution in [3.63, 3.8) is 0 Å². The van der Waals surface area contributed by atoms with E-state index in [4.69, 9.17) is 4.74 Å².